The third kappa shape index (κ3) is 5.47. The number of sulfonamides is 1. The molecule has 158 valence electrons. The summed E-state index contributed by atoms with van der Waals surface area (Å²) in [6, 6.07) is 1.95. The van der Waals surface area contributed by atoms with Crippen LogP contribution in [0.2, 0.25) is 0 Å². The van der Waals surface area contributed by atoms with Crippen molar-refractivity contribution in [3.05, 3.63) is 11.8 Å². The van der Waals surface area contributed by atoms with Gasteiger partial charge in [-0.15, -0.1) is 0 Å². The molecule has 2 fully saturated rings. The van der Waals surface area contributed by atoms with Gasteiger partial charge in [-0.05, 0) is 26.2 Å². The Hall–Kier alpha value is -1.62. The zero-order valence-electron chi connectivity index (χ0n) is 16.0. The lowest BCUT2D eigenvalue weighted by molar-refractivity contribution is -0.130. The quantitative estimate of drug-likeness (QED) is 0.726. The lowest BCUT2D eigenvalue weighted by Crippen LogP contribution is -2.50. The highest BCUT2D eigenvalue weighted by molar-refractivity contribution is 7.89. The normalized spacial score (nSPS) is 19.9. The molecular formula is C17H26F3N5O2S. The number of nitrogens with zero attached hydrogens (tertiary/aromatic N) is 5. The summed E-state index contributed by atoms with van der Waals surface area (Å²) in [6.07, 6.45) is -2.32. The monoisotopic (exact) mass is 421 g/mol. The van der Waals surface area contributed by atoms with Gasteiger partial charge in [0.25, 0.3) is 0 Å². The first-order valence-electron chi connectivity index (χ1n) is 9.54. The molecule has 28 heavy (non-hydrogen) atoms. The summed E-state index contributed by atoms with van der Waals surface area (Å²) >= 11 is 0. The number of alkyl halides is 3. The van der Waals surface area contributed by atoms with Gasteiger partial charge in [0, 0.05) is 51.0 Å². The number of aryl methyl sites for hydroxylation is 1. The van der Waals surface area contributed by atoms with E-state index in [1.807, 2.05) is 17.9 Å². The maximum absolute atomic E-state index is 12.4. The van der Waals surface area contributed by atoms with Gasteiger partial charge in [0.05, 0.1) is 12.2 Å². The first-order valence-corrected chi connectivity index (χ1v) is 11.2. The van der Waals surface area contributed by atoms with Crippen molar-refractivity contribution < 1.29 is 21.6 Å². The number of rotatable bonds is 5. The van der Waals surface area contributed by atoms with Gasteiger partial charge in [0.2, 0.25) is 16.0 Å². The van der Waals surface area contributed by atoms with Crippen LogP contribution in [-0.2, 0) is 10.0 Å². The number of hydrogen-bond acceptors (Lipinski definition) is 6. The van der Waals surface area contributed by atoms with Crippen molar-refractivity contribution in [3.63, 3.8) is 0 Å². The van der Waals surface area contributed by atoms with Gasteiger partial charge in [0.15, 0.2) is 0 Å². The molecule has 0 aromatic carbocycles. The van der Waals surface area contributed by atoms with E-state index in [0.29, 0.717) is 19.0 Å². The van der Waals surface area contributed by atoms with E-state index in [0.717, 1.165) is 41.7 Å². The van der Waals surface area contributed by atoms with Crippen LogP contribution in [0.5, 0.6) is 0 Å². The Morgan fingerprint density at radius 3 is 2.21 bits per heavy atom. The van der Waals surface area contributed by atoms with Crippen LogP contribution in [0.3, 0.4) is 0 Å². The highest BCUT2D eigenvalue weighted by Crippen LogP contribution is 2.24. The molecular weight excluding hydrogens is 395 g/mol. The van der Waals surface area contributed by atoms with Crippen LogP contribution in [0.4, 0.5) is 24.9 Å². The zero-order valence-corrected chi connectivity index (χ0v) is 16.8. The smallest absolute Gasteiger partial charge is 0.356 e. The molecule has 7 nitrogen and oxygen atoms in total. The highest BCUT2D eigenvalue weighted by atomic mass is 32.2. The summed E-state index contributed by atoms with van der Waals surface area (Å²) in [4.78, 5) is 13.3. The maximum atomic E-state index is 12.4. The molecule has 0 unspecified atom stereocenters. The highest BCUT2D eigenvalue weighted by Gasteiger charge is 2.34. The fourth-order valence-electron chi connectivity index (χ4n) is 3.50. The number of hydrogen-bond donors (Lipinski definition) is 0. The van der Waals surface area contributed by atoms with Crippen molar-refractivity contribution in [2.45, 2.75) is 38.8 Å². The van der Waals surface area contributed by atoms with Gasteiger partial charge < -0.3 is 9.80 Å². The molecule has 0 aliphatic carbocycles. The number of piperidine rings is 1. The fourth-order valence-corrected chi connectivity index (χ4v) is 4.97. The molecule has 0 bridgehead atoms. The van der Waals surface area contributed by atoms with Gasteiger partial charge in [-0.25, -0.2) is 13.4 Å². The van der Waals surface area contributed by atoms with Gasteiger partial charge >= 0.3 is 6.18 Å². The summed E-state index contributed by atoms with van der Waals surface area (Å²) in [5.74, 6) is 0.520. The predicted octanol–water partition coefficient (Wildman–Crippen LogP) is 2.18. The lowest BCUT2D eigenvalue weighted by atomic mass is 10.1. The molecule has 2 saturated heterocycles. The second kappa shape index (κ2) is 8.40. The van der Waals surface area contributed by atoms with Crippen LogP contribution in [-0.4, -0.2) is 73.9 Å². The third-order valence-electron chi connectivity index (χ3n) is 5.07. The number of aromatic nitrogens is 2. The standard InChI is InChI=1S/C17H26F3N5O2S/c1-14-13-15(23-6-3-2-4-7-23)22-16(21-14)24-8-10-25(11-9-24)28(26,27)12-5-17(18,19)20/h13H,2-12H2,1H3. The van der Waals surface area contributed by atoms with Crippen molar-refractivity contribution in [2.24, 2.45) is 0 Å². The van der Waals surface area contributed by atoms with E-state index in [2.05, 4.69) is 14.9 Å². The van der Waals surface area contributed by atoms with Crippen LogP contribution in [0.25, 0.3) is 0 Å². The minimum atomic E-state index is -4.48. The largest absolute Gasteiger partial charge is 0.390 e. The molecule has 0 amide bonds. The molecule has 0 saturated carbocycles. The summed E-state index contributed by atoms with van der Waals surface area (Å²) in [5, 5.41) is 0. The summed E-state index contributed by atoms with van der Waals surface area (Å²) in [6.45, 7) is 4.80. The Bertz CT molecular complexity index is 773. The Morgan fingerprint density at radius 1 is 0.964 bits per heavy atom. The fraction of sp³-hybridized carbons (Fsp3) is 0.765. The SMILES string of the molecule is Cc1cc(N2CCCCC2)nc(N2CCN(S(=O)(=O)CCC(F)(F)F)CC2)n1. The van der Waals surface area contributed by atoms with Crippen molar-refractivity contribution in [2.75, 3.05) is 54.8 Å². The van der Waals surface area contributed by atoms with Crippen molar-refractivity contribution >= 4 is 21.8 Å². The number of piperazine rings is 1. The molecule has 2 aliphatic rings. The van der Waals surface area contributed by atoms with Crippen LogP contribution < -0.4 is 9.80 Å². The van der Waals surface area contributed by atoms with Crippen molar-refractivity contribution in [1.82, 2.24) is 14.3 Å². The van der Waals surface area contributed by atoms with Crippen LogP contribution in [0.15, 0.2) is 6.07 Å². The molecule has 0 N–H and O–H groups in total. The Kier molecular flexibility index (Phi) is 6.33. The topological polar surface area (TPSA) is 69.6 Å². The molecule has 3 rings (SSSR count). The van der Waals surface area contributed by atoms with Gasteiger partial charge in [-0.3, -0.25) is 0 Å². The lowest BCUT2D eigenvalue weighted by Gasteiger charge is -2.35. The maximum Gasteiger partial charge on any atom is 0.390 e. The molecule has 2 aliphatic heterocycles. The number of anilines is 2. The third-order valence-corrected chi connectivity index (χ3v) is 6.94. The van der Waals surface area contributed by atoms with Crippen LogP contribution >= 0.6 is 0 Å². The summed E-state index contributed by atoms with van der Waals surface area (Å²) in [5.41, 5.74) is 0.839. The first kappa shape index (κ1) is 21.1. The molecule has 1 aromatic heterocycles. The second-order valence-corrected chi connectivity index (χ2v) is 9.37. The Labute approximate surface area is 163 Å². The Morgan fingerprint density at radius 2 is 1.61 bits per heavy atom. The average Bonchev–Trinajstić information content (AvgIpc) is 2.66. The van der Waals surface area contributed by atoms with E-state index >= 15 is 0 Å². The molecule has 11 heteroatoms. The van der Waals surface area contributed by atoms with Gasteiger partial charge in [-0.2, -0.15) is 22.5 Å². The average molecular weight is 421 g/mol. The van der Waals surface area contributed by atoms with E-state index in [9.17, 15) is 21.6 Å². The van der Waals surface area contributed by atoms with Crippen molar-refractivity contribution in [3.8, 4) is 0 Å². The van der Waals surface area contributed by atoms with Gasteiger partial charge in [0.1, 0.15) is 5.82 Å². The molecule has 0 radical (unpaired) electrons. The minimum Gasteiger partial charge on any atom is -0.356 e. The molecule has 1 aromatic rings. The van der Waals surface area contributed by atoms with Gasteiger partial charge in [-0.1, -0.05) is 0 Å². The zero-order chi connectivity index (χ0) is 20.4. The van der Waals surface area contributed by atoms with Crippen molar-refractivity contribution in [1.29, 1.82) is 0 Å². The van der Waals surface area contributed by atoms with Crippen LogP contribution in [0.1, 0.15) is 31.4 Å². The van der Waals surface area contributed by atoms with E-state index in [1.54, 1.807) is 0 Å². The van der Waals surface area contributed by atoms with Crippen LogP contribution in [0, 0.1) is 6.92 Å². The second-order valence-electron chi connectivity index (χ2n) is 7.28. The number of halogens is 3. The van der Waals surface area contributed by atoms with E-state index in [4.69, 9.17) is 0 Å². The summed E-state index contributed by atoms with van der Waals surface area (Å²) in [7, 11) is -3.92. The summed E-state index contributed by atoms with van der Waals surface area (Å²) < 4.78 is 62.5. The van der Waals surface area contributed by atoms with E-state index < -0.39 is 28.4 Å². The predicted molar refractivity (Wildman–Crippen MR) is 101 cm³/mol. The molecule has 0 atom stereocenters. The van der Waals surface area contributed by atoms with E-state index in [-0.39, 0.29) is 13.1 Å². The Balaban J connectivity index is 1.64. The molecule has 0 spiro atoms. The first-order chi connectivity index (χ1) is 13.1. The molecule has 3 heterocycles. The van der Waals surface area contributed by atoms with E-state index in [1.165, 1.54) is 6.42 Å². The minimum absolute atomic E-state index is 0.135.